The smallest absolute Gasteiger partial charge is 0.220 e. The highest BCUT2D eigenvalue weighted by atomic mass is 16.7. The summed E-state index contributed by atoms with van der Waals surface area (Å²) in [6, 6.07) is -0.938. The van der Waals surface area contributed by atoms with E-state index in [1.54, 1.807) is 6.08 Å². The molecule has 2 heterocycles. The zero-order chi connectivity index (χ0) is 57.4. The van der Waals surface area contributed by atoms with Gasteiger partial charge in [0.15, 0.2) is 12.6 Å². The third-order valence-corrected chi connectivity index (χ3v) is 15.1. The number of hydrogen-bond donors (Lipinski definition) is 9. The molecule has 2 aliphatic heterocycles. The van der Waals surface area contributed by atoms with Gasteiger partial charge in [-0.3, -0.25) is 4.79 Å². The van der Waals surface area contributed by atoms with E-state index in [1.807, 2.05) is 6.08 Å². The Labute approximate surface area is 478 Å². The lowest BCUT2D eigenvalue weighted by Crippen LogP contribution is -2.65. The molecular weight excluding hydrogens is 1000 g/mol. The molecule has 12 atom stereocenters. The van der Waals surface area contributed by atoms with Crippen LogP contribution in [0.15, 0.2) is 72.9 Å². The lowest BCUT2D eigenvalue weighted by molar-refractivity contribution is -0.359. The zero-order valence-corrected chi connectivity index (χ0v) is 49.3. The Hall–Kier alpha value is -2.57. The van der Waals surface area contributed by atoms with Crippen molar-refractivity contribution in [3.63, 3.8) is 0 Å². The number of aliphatic hydroxyl groups is 8. The van der Waals surface area contributed by atoms with Crippen LogP contribution in [0, 0.1) is 0 Å². The number of ether oxygens (including phenoxy) is 4. The summed E-state index contributed by atoms with van der Waals surface area (Å²) in [4.78, 5) is 13.2. The standard InChI is InChI=1S/C65H115NO13/c1-3-5-7-9-11-13-15-16-17-18-19-20-21-22-23-24-25-26-27-28-29-30-31-32-33-34-35-36-37-38-39-41-43-45-47-49-57(70)66-53(54(69)48-46-44-42-40-14-12-10-8-6-4-2)52-76-64-62(75)60(73)63(56(51-68)78-64)79-65-61(74)59(72)58(71)55(50-67)77-65/h6,8,14-16,18-19,21-22,40,46,48,53-56,58-65,67-69,71-75H,3-5,7,9-13,17,20,23-39,41-45,47,49-52H2,1-2H3,(H,66,70)/b8-6+,16-15-,19-18-,22-21-,40-14+,48-46+. The second-order valence-electron chi connectivity index (χ2n) is 22.1. The molecule has 12 unspecified atom stereocenters. The fourth-order valence-electron chi connectivity index (χ4n) is 10.0. The van der Waals surface area contributed by atoms with E-state index < -0.39 is 86.8 Å². The SMILES string of the molecule is CC/C=C/CC/C=C/CC/C=C/C(O)C(COC1OC(CO)C(OC2OC(CO)C(O)C(O)C2O)C(O)C1O)NC(=O)CCCCCCCCCCCCCCCCCCCCCC/C=C\C/C=C\C/C=C\CCCCCCC. The largest absolute Gasteiger partial charge is 0.394 e. The number of allylic oxidation sites excluding steroid dienone is 11. The van der Waals surface area contributed by atoms with E-state index in [4.69, 9.17) is 18.9 Å². The predicted octanol–water partition coefficient (Wildman–Crippen LogP) is 11.5. The molecule has 0 radical (unpaired) electrons. The number of nitrogens with one attached hydrogen (secondary N) is 1. The van der Waals surface area contributed by atoms with Crippen LogP contribution in [0.2, 0.25) is 0 Å². The number of carbonyl (C=O) groups excluding carboxylic acids is 1. The highest BCUT2D eigenvalue weighted by molar-refractivity contribution is 5.76. The number of amides is 1. The molecule has 0 spiro atoms. The van der Waals surface area contributed by atoms with Crippen molar-refractivity contribution >= 4 is 5.91 Å². The zero-order valence-electron chi connectivity index (χ0n) is 49.3. The summed E-state index contributed by atoms with van der Waals surface area (Å²) in [5.41, 5.74) is 0. The van der Waals surface area contributed by atoms with E-state index in [9.17, 15) is 45.6 Å². The fraction of sp³-hybridized carbons (Fsp3) is 0.800. The number of aliphatic hydroxyl groups excluding tert-OH is 8. The van der Waals surface area contributed by atoms with Gasteiger partial charge < -0.3 is 65.1 Å². The first-order valence-corrected chi connectivity index (χ1v) is 31.7. The molecule has 2 rings (SSSR count). The molecule has 14 heteroatoms. The first-order chi connectivity index (χ1) is 38.6. The Kier molecular flexibility index (Phi) is 45.9. The number of rotatable bonds is 50. The summed E-state index contributed by atoms with van der Waals surface area (Å²) in [5, 5.41) is 86.8. The maximum absolute atomic E-state index is 13.2. The van der Waals surface area contributed by atoms with Crippen LogP contribution in [0.25, 0.3) is 0 Å². The van der Waals surface area contributed by atoms with Gasteiger partial charge in [0, 0.05) is 6.42 Å². The van der Waals surface area contributed by atoms with Crippen molar-refractivity contribution in [1.82, 2.24) is 5.32 Å². The van der Waals surface area contributed by atoms with Crippen LogP contribution in [-0.4, -0.2) is 140 Å². The van der Waals surface area contributed by atoms with Gasteiger partial charge in [0.2, 0.25) is 5.91 Å². The third-order valence-electron chi connectivity index (χ3n) is 15.1. The van der Waals surface area contributed by atoms with Crippen molar-refractivity contribution < 1.29 is 64.6 Å². The molecule has 458 valence electrons. The summed E-state index contributed by atoms with van der Waals surface area (Å²) in [7, 11) is 0. The Balaban J connectivity index is 1.58. The molecular formula is C65H115NO13. The van der Waals surface area contributed by atoms with Crippen molar-refractivity contribution in [2.45, 2.75) is 312 Å². The van der Waals surface area contributed by atoms with E-state index in [-0.39, 0.29) is 18.9 Å². The third kappa shape index (κ3) is 35.2. The Morgan fingerprint density at radius 3 is 1.38 bits per heavy atom. The highest BCUT2D eigenvalue weighted by Gasteiger charge is 2.51. The van der Waals surface area contributed by atoms with Crippen LogP contribution in [0.5, 0.6) is 0 Å². The molecule has 1 amide bonds. The van der Waals surface area contributed by atoms with Crippen LogP contribution >= 0.6 is 0 Å². The van der Waals surface area contributed by atoms with Crippen molar-refractivity contribution in [2.75, 3.05) is 19.8 Å². The molecule has 0 saturated carbocycles. The van der Waals surface area contributed by atoms with Gasteiger partial charge in [-0.15, -0.1) is 0 Å². The normalized spacial score (nSPS) is 24.9. The van der Waals surface area contributed by atoms with Crippen molar-refractivity contribution in [3.05, 3.63) is 72.9 Å². The van der Waals surface area contributed by atoms with Crippen LogP contribution in [0.4, 0.5) is 0 Å². The van der Waals surface area contributed by atoms with Gasteiger partial charge in [-0.1, -0.05) is 228 Å². The van der Waals surface area contributed by atoms with Crippen molar-refractivity contribution in [2.24, 2.45) is 0 Å². The van der Waals surface area contributed by atoms with Gasteiger partial charge >= 0.3 is 0 Å². The lowest BCUT2D eigenvalue weighted by atomic mass is 9.97. The van der Waals surface area contributed by atoms with Crippen molar-refractivity contribution in [3.8, 4) is 0 Å². The summed E-state index contributed by atoms with van der Waals surface area (Å²) in [5.74, 6) is -0.255. The molecule has 9 N–H and O–H groups in total. The van der Waals surface area contributed by atoms with Crippen LogP contribution < -0.4 is 5.32 Å². The van der Waals surface area contributed by atoms with E-state index >= 15 is 0 Å². The topological polar surface area (TPSA) is 228 Å². The molecule has 0 aromatic heterocycles. The fourth-order valence-corrected chi connectivity index (χ4v) is 10.0. The Morgan fingerprint density at radius 1 is 0.468 bits per heavy atom. The van der Waals surface area contributed by atoms with Crippen LogP contribution in [0.1, 0.15) is 239 Å². The highest BCUT2D eigenvalue weighted by Crippen LogP contribution is 2.30. The monoisotopic (exact) mass is 1120 g/mol. The molecule has 79 heavy (non-hydrogen) atoms. The van der Waals surface area contributed by atoms with Crippen LogP contribution in [0.3, 0.4) is 0 Å². The minimum absolute atomic E-state index is 0.255. The molecule has 0 aromatic carbocycles. The quantitative estimate of drug-likeness (QED) is 0.0204. The molecule has 0 bridgehead atoms. The maximum Gasteiger partial charge on any atom is 0.220 e. The maximum atomic E-state index is 13.2. The minimum atomic E-state index is -1.79. The van der Waals surface area contributed by atoms with Gasteiger partial charge in [0.1, 0.15) is 48.8 Å². The van der Waals surface area contributed by atoms with E-state index in [2.05, 4.69) is 79.9 Å². The average Bonchev–Trinajstić information content (AvgIpc) is 3.48. The molecule has 14 nitrogen and oxygen atoms in total. The molecule has 2 saturated heterocycles. The van der Waals surface area contributed by atoms with Gasteiger partial charge in [0.05, 0.1) is 32.0 Å². The molecule has 0 aliphatic carbocycles. The minimum Gasteiger partial charge on any atom is -0.394 e. The summed E-state index contributed by atoms with van der Waals surface area (Å²) >= 11 is 0. The van der Waals surface area contributed by atoms with Crippen molar-refractivity contribution in [1.29, 1.82) is 0 Å². The lowest BCUT2D eigenvalue weighted by Gasteiger charge is -2.46. The first kappa shape index (κ1) is 72.5. The van der Waals surface area contributed by atoms with E-state index in [1.165, 1.54) is 148 Å². The Morgan fingerprint density at radius 2 is 0.886 bits per heavy atom. The Bertz CT molecular complexity index is 1600. The number of carbonyl (C=O) groups is 1. The summed E-state index contributed by atoms with van der Waals surface area (Å²) in [6.07, 6.45) is 50.0. The number of unbranched alkanes of at least 4 members (excludes halogenated alkanes) is 27. The second kappa shape index (κ2) is 50.0. The average molecular weight is 1120 g/mol. The summed E-state index contributed by atoms with van der Waals surface area (Å²) in [6.45, 7) is 2.63. The van der Waals surface area contributed by atoms with E-state index in [0.29, 0.717) is 12.8 Å². The summed E-state index contributed by atoms with van der Waals surface area (Å²) < 4.78 is 22.7. The molecule has 2 aliphatic rings. The van der Waals surface area contributed by atoms with Crippen LogP contribution in [-0.2, 0) is 23.7 Å². The van der Waals surface area contributed by atoms with Gasteiger partial charge in [-0.2, -0.15) is 0 Å². The molecule has 0 aromatic rings. The van der Waals surface area contributed by atoms with E-state index in [0.717, 1.165) is 57.8 Å². The van der Waals surface area contributed by atoms with Gasteiger partial charge in [0.25, 0.3) is 0 Å². The molecule has 2 fully saturated rings. The van der Waals surface area contributed by atoms with Gasteiger partial charge in [-0.25, -0.2) is 0 Å². The number of hydrogen-bond acceptors (Lipinski definition) is 13. The van der Waals surface area contributed by atoms with Gasteiger partial charge in [-0.05, 0) is 77.0 Å². The predicted molar refractivity (Wildman–Crippen MR) is 318 cm³/mol. The first-order valence-electron chi connectivity index (χ1n) is 31.7. The second-order valence-corrected chi connectivity index (χ2v) is 22.1.